The number of ether oxygens (including phenoxy) is 1. The van der Waals surface area contributed by atoms with Crippen LogP contribution in [-0.2, 0) is 27.4 Å². The lowest BCUT2D eigenvalue weighted by atomic mass is 9.83. The summed E-state index contributed by atoms with van der Waals surface area (Å²) in [6.45, 7) is 3.96. The summed E-state index contributed by atoms with van der Waals surface area (Å²) >= 11 is 0. The number of allylic oxidation sites excluding steroid dienone is 1. The zero-order valence-electron chi connectivity index (χ0n) is 20.1. The molecule has 0 spiro atoms. The van der Waals surface area contributed by atoms with Gasteiger partial charge in [-0.3, -0.25) is 9.59 Å². The fourth-order valence-corrected chi connectivity index (χ4v) is 4.26. The van der Waals surface area contributed by atoms with Gasteiger partial charge in [-0.2, -0.15) is 0 Å². The third kappa shape index (κ3) is 5.54. The Hall–Kier alpha value is -4.20. The minimum atomic E-state index is -0.457. The number of rotatable bonds is 8. The molecule has 1 unspecified atom stereocenters. The second-order valence-electron chi connectivity index (χ2n) is 8.44. The number of carbonyl (C=O) groups is 3. The molecule has 8 heteroatoms. The van der Waals surface area contributed by atoms with Crippen LogP contribution >= 0.6 is 0 Å². The smallest absolute Gasteiger partial charge is 0.336 e. The second-order valence-corrected chi connectivity index (χ2v) is 8.44. The molecule has 4 rings (SSSR count). The summed E-state index contributed by atoms with van der Waals surface area (Å²) in [5.74, 6) is -1.31. The van der Waals surface area contributed by atoms with Crippen LogP contribution in [0, 0.1) is 5.82 Å². The maximum absolute atomic E-state index is 13.1. The van der Waals surface area contributed by atoms with Gasteiger partial charge in [-0.25, -0.2) is 9.18 Å². The Morgan fingerprint density at radius 3 is 2.50 bits per heavy atom. The van der Waals surface area contributed by atoms with Crippen molar-refractivity contribution in [3.8, 4) is 0 Å². The molecule has 0 fully saturated rings. The summed E-state index contributed by atoms with van der Waals surface area (Å²) in [5.41, 5.74) is 2.55. The van der Waals surface area contributed by atoms with E-state index in [9.17, 15) is 18.8 Å². The second kappa shape index (κ2) is 11.0. The molecule has 3 aromatic rings. The summed E-state index contributed by atoms with van der Waals surface area (Å²) in [4.78, 5) is 40.0. The van der Waals surface area contributed by atoms with Gasteiger partial charge in [-0.1, -0.05) is 42.5 Å². The standard InChI is InChI=1S/C28H27FN2O5/c1-3-35-28(34)26-18(2)31(25(32)15-23(26)20-7-5-4-6-8-20)17-22-13-14-24(36-22)27(33)30-16-19-9-11-21(29)12-10-19/h4-14,23H,3,15-17H2,1-2H3,(H,30,33). The van der Waals surface area contributed by atoms with Crippen molar-refractivity contribution in [3.63, 3.8) is 0 Å². The van der Waals surface area contributed by atoms with Gasteiger partial charge in [0.1, 0.15) is 11.6 Å². The summed E-state index contributed by atoms with van der Waals surface area (Å²) in [6.07, 6.45) is 0.112. The van der Waals surface area contributed by atoms with Gasteiger partial charge in [-0.15, -0.1) is 0 Å². The lowest BCUT2D eigenvalue weighted by molar-refractivity contribution is -0.140. The highest BCUT2D eigenvalue weighted by Crippen LogP contribution is 2.37. The summed E-state index contributed by atoms with van der Waals surface area (Å²) in [6, 6.07) is 18.4. The van der Waals surface area contributed by atoms with Crippen molar-refractivity contribution in [2.24, 2.45) is 0 Å². The first-order chi connectivity index (χ1) is 17.4. The monoisotopic (exact) mass is 490 g/mol. The van der Waals surface area contributed by atoms with E-state index < -0.39 is 17.8 Å². The third-order valence-electron chi connectivity index (χ3n) is 6.09. The van der Waals surface area contributed by atoms with Crippen LogP contribution < -0.4 is 5.32 Å². The van der Waals surface area contributed by atoms with E-state index in [1.54, 1.807) is 32.0 Å². The molecule has 186 valence electrons. The van der Waals surface area contributed by atoms with E-state index in [2.05, 4.69) is 5.32 Å². The van der Waals surface area contributed by atoms with Crippen molar-refractivity contribution in [2.75, 3.05) is 6.61 Å². The Bertz CT molecular complexity index is 1280. The fourth-order valence-electron chi connectivity index (χ4n) is 4.26. The van der Waals surface area contributed by atoms with Crippen LogP contribution in [0.5, 0.6) is 0 Å². The SMILES string of the molecule is CCOC(=O)C1=C(C)N(Cc2ccc(C(=O)NCc3ccc(F)cc3)o2)C(=O)CC1c1ccccc1. The maximum Gasteiger partial charge on any atom is 0.336 e. The Morgan fingerprint density at radius 2 is 1.81 bits per heavy atom. The number of furan rings is 1. The van der Waals surface area contributed by atoms with Crippen molar-refractivity contribution in [1.82, 2.24) is 10.2 Å². The Balaban J connectivity index is 1.51. The van der Waals surface area contributed by atoms with Crippen LogP contribution in [0.1, 0.15) is 53.6 Å². The van der Waals surface area contributed by atoms with E-state index in [0.29, 0.717) is 17.0 Å². The van der Waals surface area contributed by atoms with E-state index in [-0.39, 0.29) is 43.6 Å². The molecule has 0 bridgehead atoms. The number of carbonyl (C=O) groups excluding carboxylic acids is 3. The molecular weight excluding hydrogens is 463 g/mol. The van der Waals surface area contributed by atoms with Crippen molar-refractivity contribution >= 4 is 17.8 Å². The molecule has 1 aromatic heterocycles. The highest BCUT2D eigenvalue weighted by molar-refractivity contribution is 5.96. The van der Waals surface area contributed by atoms with Crippen LogP contribution in [0.2, 0.25) is 0 Å². The normalized spacial score (nSPS) is 15.7. The summed E-state index contributed by atoms with van der Waals surface area (Å²) < 4.78 is 24.1. The molecule has 1 aliphatic heterocycles. The van der Waals surface area contributed by atoms with E-state index in [0.717, 1.165) is 11.1 Å². The van der Waals surface area contributed by atoms with Crippen molar-refractivity contribution in [1.29, 1.82) is 0 Å². The molecule has 2 amide bonds. The number of esters is 1. The number of amides is 2. The molecule has 0 aliphatic carbocycles. The largest absolute Gasteiger partial charge is 0.463 e. The van der Waals surface area contributed by atoms with Crippen LogP contribution in [0.25, 0.3) is 0 Å². The minimum absolute atomic E-state index is 0.0698. The first-order valence-corrected chi connectivity index (χ1v) is 11.7. The van der Waals surface area contributed by atoms with Crippen LogP contribution in [0.3, 0.4) is 0 Å². The van der Waals surface area contributed by atoms with Crippen LogP contribution in [0.15, 0.2) is 82.4 Å². The van der Waals surface area contributed by atoms with Gasteiger partial charge in [-0.05, 0) is 49.2 Å². The molecule has 0 saturated carbocycles. The Morgan fingerprint density at radius 1 is 1.08 bits per heavy atom. The predicted molar refractivity (Wildman–Crippen MR) is 130 cm³/mol. The minimum Gasteiger partial charge on any atom is -0.463 e. The topological polar surface area (TPSA) is 88.8 Å². The van der Waals surface area contributed by atoms with Crippen LogP contribution in [-0.4, -0.2) is 29.3 Å². The van der Waals surface area contributed by atoms with Gasteiger partial charge in [0.25, 0.3) is 5.91 Å². The van der Waals surface area contributed by atoms with Gasteiger partial charge in [0.15, 0.2) is 5.76 Å². The molecule has 2 aromatic carbocycles. The van der Waals surface area contributed by atoms with Crippen LogP contribution in [0.4, 0.5) is 4.39 Å². The lowest BCUT2D eigenvalue weighted by Gasteiger charge is -2.34. The Kier molecular flexibility index (Phi) is 7.63. The van der Waals surface area contributed by atoms with Gasteiger partial charge in [0.05, 0.1) is 18.7 Å². The summed E-state index contributed by atoms with van der Waals surface area (Å²) in [7, 11) is 0. The van der Waals surface area contributed by atoms with Gasteiger partial charge in [0, 0.05) is 24.6 Å². The van der Waals surface area contributed by atoms with E-state index in [4.69, 9.17) is 9.15 Å². The quantitative estimate of drug-likeness (QED) is 0.463. The number of halogens is 1. The molecule has 36 heavy (non-hydrogen) atoms. The maximum atomic E-state index is 13.1. The first kappa shape index (κ1) is 24.9. The molecule has 1 aliphatic rings. The fraction of sp³-hybridized carbons (Fsp3) is 0.250. The number of nitrogens with zero attached hydrogens (tertiary/aromatic N) is 1. The molecular formula is C28H27FN2O5. The zero-order chi connectivity index (χ0) is 25.7. The molecule has 0 radical (unpaired) electrons. The van der Waals surface area contributed by atoms with E-state index in [1.807, 2.05) is 30.3 Å². The average Bonchev–Trinajstić information content (AvgIpc) is 3.35. The van der Waals surface area contributed by atoms with Gasteiger partial charge < -0.3 is 19.4 Å². The number of nitrogens with one attached hydrogen (secondary N) is 1. The predicted octanol–water partition coefficient (Wildman–Crippen LogP) is 4.70. The number of hydrogen-bond donors (Lipinski definition) is 1. The van der Waals surface area contributed by atoms with E-state index >= 15 is 0 Å². The highest BCUT2D eigenvalue weighted by Gasteiger charge is 2.37. The summed E-state index contributed by atoms with van der Waals surface area (Å²) in [5, 5.41) is 2.72. The van der Waals surface area contributed by atoms with Crippen molar-refractivity contribution in [2.45, 2.75) is 39.3 Å². The van der Waals surface area contributed by atoms with Crippen molar-refractivity contribution in [3.05, 3.63) is 106 Å². The molecule has 1 atom stereocenters. The lowest BCUT2D eigenvalue weighted by Crippen LogP contribution is -2.38. The van der Waals surface area contributed by atoms with Crippen molar-refractivity contribution < 1.29 is 27.9 Å². The molecule has 1 N–H and O–H groups in total. The number of benzene rings is 2. The third-order valence-corrected chi connectivity index (χ3v) is 6.09. The number of hydrogen-bond acceptors (Lipinski definition) is 5. The van der Waals surface area contributed by atoms with Gasteiger partial charge >= 0.3 is 5.97 Å². The molecule has 7 nitrogen and oxygen atoms in total. The van der Waals surface area contributed by atoms with Gasteiger partial charge in [0.2, 0.25) is 5.91 Å². The molecule has 2 heterocycles. The first-order valence-electron chi connectivity index (χ1n) is 11.7. The van der Waals surface area contributed by atoms with E-state index in [1.165, 1.54) is 23.1 Å². The molecule has 0 saturated heterocycles. The highest BCUT2D eigenvalue weighted by atomic mass is 19.1. The zero-order valence-corrected chi connectivity index (χ0v) is 20.1. The Labute approximate surface area is 208 Å². The average molecular weight is 491 g/mol.